The Kier molecular flexibility index (Phi) is 7.56. The van der Waals surface area contributed by atoms with Crippen molar-refractivity contribution in [3.63, 3.8) is 0 Å². The van der Waals surface area contributed by atoms with E-state index in [2.05, 4.69) is 41.0 Å². The molecule has 0 radical (unpaired) electrons. The number of carbonyl (C=O) groups excluding carboxylic acids is 1. The molecule has 1 amide bonds. The predicted octanol–water partition coefficient (Wildman–Crippen LogP) is 3.86. The first-order valence-electron chi connectivity index (χ1n) is 11.0. The highest BCUT2D eigenvalue weighted by molar-refractivity contribution is 6.05. The van der Waals surface area contributed by atoms with Gasteiger partial charge in [0.1, 0.15) is 0 Å². The van der Waals surface area contributed by atoms with Gasteiger partial charge < -0.3 is 20.4 Å². The normalized spacial score (nSPS) is 11.8. The van der Waals surface area contributed by atoms with Crippen LogP contribution in [0.1, 0.15) is 36.7 Å². The summed E-state index contributed by atoms with van der Waals surface area (Å²) < 4.78 is 33.4. The van der Waals surface area contributed by atoms with Crippen molar-refractivity contribution in [2.75, 3.05) is 6.54 Å². The number of aromatic amines is 2. The fraction of sp³-hybridized carbons (Fsp3) is 0.333. The monoisotopic (exact) mass is 505 g/mol. The van der Waals surface area contributed by atoms with Gasteiger partial charge in [0, 0.05) is 42.6 Å². The summed E-state index contributed by atoms with van der Waals surface area (Å²) in [4.78, 5) is 44.5. The van der Waals surface area contributed by atoms with Gasteiger partial charge in [-0.3, -0.25) is 14.3 Å². The Balaban J connectivity index is 0.000000454. The first-order chi connectivity index (χ1) is 16.8. The van der Waals surface area contributed by atoms with Gasteiger partial charge in [0.05, 0.1) is 16.6 Å². The molecule has 0 atom stereocenters. The van der Waals surface area contributed by atoms with Crippen molar-refractivity contribution in [3.8, 4) is 0 Å². The van der Waals surface area contributed by atoms with Gasteiger partial charge in [0.25, 0.3) is 5.91 Å². The molecule has 4 rings (SSSR count). The van der Waals surface area contributed by atoms with E-state index in [1.54, 1.807) is 22.9 Å². The number of aliphatic carboxylic acids is 1. The number of amides is 1. The van der Waals surface area contributed by atoms with E-state index in [1.165, 1.54) is 0 Å². The number of alkyl halides is 3. The van der Waals surface area contributed by atoms with Crippen molar-refractivity contribution in [1.29, 1.82) is 0 Å². The summed E-state index contributed by atoms with van der Waals surface area (Å²) in [7, 11) is 0. The van der Waals surface area contributed by atoms with E-state index in [0.717, 1.165) is 16.5 Å². The van der Waals surface area contributed by atoms with Crippen LogP contribution >= 0.6 is 0 Å². The quantitative estimate of drug-likeness (QED) is 0.327. The summed E-state index contributed by atoms with van der Waals surface area (Å²) in [6.45, 7) is 7.22. The zero-order valence-corrected chi connectivity index (χ0v) is 19.9. The number of rotatable bonds is 5. The van der Waals surface area contributed by atoms with Gasteiger partial charge in [-0.2, -0.15) is 13.2 Å². The summed E-state index contributed by atoms with van der Waals surface area (Å²) in [5.74, 6) is -2.94. The van der Waals surface area contributed by atoms with E-state index in [-0.39, 0.29) is 17.0 Å². The maximum Gasteiger partial charge on any atom is 0.490 e. The molecule has 1 aromatic carbocycles. The van der Waals surface area contributed by atoms with Crippen LogP contribution < -0.4 is 11.0 Å². The van der Waals surface area contributed by atoms with E-state index in [4.69, 9.17) is 9.90 Å². The topological polar surface area (TPSA) is 133 Å². The highest BCUT2D eigenvalue weighted by Gasteiger charge is 2.38. The van der Waals surface area contributed by atoms with E-state index in [0.29, 0.717) is 36.1 Å². The number of hydrogen-bond acceptors (Lipinski definition) is 4. The van der Waals surface area contributed by atoms with Gasteiger partial charge in [-0.1, -0.05) is 26.8 Å². The van der Waals surface area contributed by atoms with Crippen molar-refractivity contribution in [3.05, 3.63) is 64.5 Å². The average molecular weight is 505 g/mol. The molecule has 3 heterocycles. The fourth-order valence-corrected chi connectivity index (χ4v) is 3.66. The molecule has 4 N–H and O–H groups in total. The molecule has 0 aliphatic carbocycles. The van der Waals surface area contributed by atoms with E-state index in [9.17, 15) is 22.8 Å². The molecule has 192 valence electrons. The molecule has 36 heavy (non-hydrogen) atoms. The van der Waals surface area contributed by atoms with Crippen LogP contribution in [0.5, 0.6) is 0 Å². The van der Waals surface area contributed by atoms with Crippen LogP contribution in [0, 0.1) is 5.41 Å². The molecule has 9 nitrogen and oxygen atoms in total. The Morgan fingerprint density at radius 3 is 2.47 bits per heavy atom. The lowest BCUT2D eigenvalue weighted by Crippen LogP contribution is -2.28. The summed E-state index contributed by atoms with van der Waals surface area (Å²) in [5.41, 5.74) is 3.69. The third kappa shape index (κ3) is 6.32. The first kappa shape index (κ1) is 26.5. The number of aromatic nitrogens is 4. The number of benzene rings is 1. The number of H-pyrrole nitrogens is 2. The van der Waals surface area contributed by atoms with Crippen LogP contribution in [0.4, 0.5) is 13.2 Å². The Morgan fingerprint density at radius 1 is 1.14 bits per heavy atom. The van der Waals surface area contributed by atoms with Crippen LogP contribution in [0.15, 0.2) is 47.7 Å². The Morgan fingerprint density at radius 2 is 1.83 bits per heavy atom. The van der Waals surface area contributed by atoms with Crippen LogP contribution in [0.25, 0.3) is 21.9 Å². The van der Waals surface area contributed by atoms with E-state index < -0.39 is 12.1 Å². The number of carboxylic acid groups (broad SMARTS) is 1. The number of hydrogen-bond donors (Lipinski definition) is 4. The molecule has 0 aliphatic heterocycles. The lowest BCUT2D eigenvalue weighted by Gasteiger charge is -2.19. The lowest BCUT2D eigenvalue weighted by molar-refractivity contribution is -0.192. The van der Waals surface area contributed by atoms with Gasteiger partial charge in [-0.25, -0.2) is 9.59 Å². The Bertz CT molecular complexity index is 1440. The summed E-state index contributed by atoms with van der Waals surface area (Å²) in [6.07, 6.45) is 1.13. The number of nitrogens with one attached hydrogen (secondary N) is 3. The molecule has 0 saturated carbocycles. The molecule has 0 aliphatic rings. The van der Waals surface area contributed by atoms with Gasteiger partial charge in [0.2, 0.25) is 0 Å². The molecule has 3 aromatic heterocycles. The highest BCUT2D eigenvalue weighted by atomic mass is 19.4. The Hall–Kier alpha value is -4.09. The van der Waals surface area contributed by atoms with Crippen LogP contribution in [0.2, 0.25) is 0 Å². The lowest BCUT2D eigenvalue weighted by atomic mass is 9.96. The van der Waals surface area contributed by atoms with Crippen LogP contribution in [-0.4, -0.2) is 49.2 Å². The van der Waals surface area contributed by atoms with Gasteiger partial charge >= 0.3 is 17.8 Å². The van der Waals surface area contributed by atoms with Crippen molar-refractivity contribution in [2.24, 2.45) is 5.41 Å². The first-order valence-corrected chi connectivity index (χ1v) is 11.0. The smallest absolute Gasteiger partial charge is 0.475 e. The third-order valence-electron chi connectivity index (χ3n) is 5.16. The second kappa shape index (κ2) is 10.3. The standard InChI is InChI=1S/C22H25N5O2.C2HF3O2/c1-22(2,3)13-27-19-15(5-4-6-18(19)26-21(27)29)20(28)24-10-7-14-11-25-17-8-9-23-12-16(14)17;3-2(4,5)1(6)7/h4-6,8-9,11-12,25H,7,10,13H2,1-3H3,(H,24,28)(H,26,29);(H,6,7). The van der Waals surface area contributed by atoms with Crippen molar-refractivity contribution < 1.29 is 27.9 Å². The molecule has 0 saturated heterocycles. The zero-order chi connectivity index (χ0) is 26.7. The highest BCUT2D eigenvalue weighted by Crippen LogP contribution is 2.22. The number of carboxylic acids is 1. The molecule has 0 spiro atoms. The van der Waals surface area contributed by atoms with Crippen molar-refractivity contribution in [2.45, 2.75) is 39.9 Å². The fourth-order valence-electron chi connectivity index (χ4n) is 3.66. The summed E-state index contributed by atoms with van der Waals surface area (Å²) in [6, 6.07) is 7.31. The van der Waals surface area contributed by atoms with Crippen LogP contribution in [-0.2, 0) is 17.8 Å². The molecule has 12 heteroatoms. The molecule has 0 bridgehead atoms. The van der Waals surface area contributed by atoms with Gasteiger partial charge in [0.15, 0.2) is 0 Å². The third-order valence-corrected chi connectivity index (χ3v) is 5.16. The van der Waals surface area contributed by atoms with Crippen molar-refractivity contribution >= 4 is 33.8 Å². The Labute approximate surface area is 203 Å². The summed E-state index contributed by atoms with van der Waals surface area (Å²) >= 11 is 0. The number of imidazole rings is 1. The maximum atomic E-state index is 12.9. The predicted molar refractivity (Wildman–Crippen MR) is 128 cm³/mol. The second-order valence-corrected chi connectivity index (χ2v) is 9.32. The minimum atomic E-state index is -5.08. The molecule has 0 fully saturated rings. The average Bonchev–Trinajstić information content (AvgIpc) is 3.33. The minimum Gasteiger partial charge on any atom is -0.475 e. The van der Waals surface area contributed by atoms with E-state index >= 15 is 0 Å². The van der Waals surface area contributed by atoms with Gasteiger partial charge in [-0.05, 0) is 35.6 Å². The minimum absolute atomic E-state index is 0.0914. The number of fused-ring (bicyclic) bond motifs is 2. The number of para-hydroxylation sites is 1. The van der Waals surface area contributed by atoms with Crippen molar-refractivity contribution in [1.82, 2.24) is 24.8 Å². The molecule has 0 unspecified atom stereocenters. The van der Waals surface area contributed by atoms with Crippen LogP contribution in [0.3, 0.4) is 0 Å². The van der Waals surface area contributed by atoms with E-state index in [1.807, 2.05) is 24.5 Å². The SMILES string of the molecule is CC(C)(C)Cn1c(=O)[nH]c2cccc(C(=O)NCCc3c[nH]c4ccncc34)c21.O=C(O)C(F)(F)F. The largest absolute Gasteiger partial charge is 0.490 e. The molecular weight excluding hydrogens is 479 g/mol. The van der Waals surface area contributed by atoms with Gasteiger partial charge in [-0.15, -0.1) is 0 Å². The molecular formula is C24H26F3N5O4. The molecule has 4 aromatic rings. The number of carbonyl (C=O) groups is 2. The number of halogens is 3. The maximum absolute atomic E-state index is 12.9. The second-order valence-electron chi connectivity index (χ2n) is 9.32. The zero-order valence-electron chi connectivity index (χ0n) is 19.9. The number of nitrogens with zero attached hydrogens (tertiary/aromatic N) is 2. The number of pyridine rings is 1. The summed E-state index contributed by atoms with van der Waals surface area (Å²) in [5, 5.41) is 11.2.